The molecule has 0 saturated carbocycles. The van der Waals surface area contributed by atoms with Crippen molar-refractivity contribution < 1.29 is 9.53 Å². The Balaban J connectivity index is 2.13. The number of halogens is 1. The van der Waals surface area contributed by atoms with Crippen LogP contribution in [0.15, 0.2) is 58.1 Å². The van der Waals surface area contributed by atoms with Gasteiger partial charge in [-0.05, 0) is 54.4 Å². The number of hydrogen-bond donors (Lipinski definition) is 1. The van der Waals surface area contributed by atoms with E-state index in [1.54, 1.807) is 19.2 Å². The Labute approximate surface area is 138 Å². The summed E-state index contributed by atoms with van der Waals surface area (Å²) in [7, 11) is 1.63. The molecule has 0 heterocycles. The molecule has 1 N–H and O–H groups in total. The molecule has 0 unspecified atom stereocenters. The number of carbonyl (C=O) groups excluding carboxylic acids is 1. The number of amides is 1. The molecule has 2 aromatic rings. The van der Waals surface area contributed by atoms with Crippen LogP contribution in [0.3, 0.4) is 0 Å². The summed E-state index contributed by atoms with van der Waals surface area (Å²) >= 11 is 3.35. The molecular weight excluding hydrogens is 344 g/mol. The zero-order chi connectivity index (χ0) is 15.9. The Morgan fingerprint density at radius 1 is 1.18 bits per heavy atom. The summed E-state index contributed by atoms with van der Waals surface area (Å²) in [6, 6.07) is 14.8. The van der Waals surface area contributed by atoms with Gasteiger partial charge in [-0.2, -0.15) is 5.10 Å². The summed E-state index contributed by atoms with van der Waals surface area (Å²) in [4.78, 5) is 12.1. The van der Waals surface area contributed by atoms with Gasteiger partial charge in [0.1, 0.15) is 5.75 Å². The van der Waals surface area contributed by atoms with Crippen LogP contribution in [-0.2, 0) is 0 Å². The molecule has 2 aromatic carbocycles. The minimum absolute atomic E-state index is 0.235. The molecule has 2 rings (SSSR count). The number of nitrogens with zero attached hydrogens (tertiary/aromatic N) is 1. The molecule has 0 radical (unpaired) electrons. The second kappa shape index (κ2) is 7.75. The second-order valence-corrected chi connectivity index (χ2v) is 5.51. The lowest BCUT2D eigenvalue weighted by Crippen LogP contribution is -2.20. The van der Waals surface area contributed by atoms with E-state index in [2.05, 4.69) is 26.5 Å². The summed E-state index contributed by atoms with van der Waals surface area (Å²) in [6.07, 6.45) is 0.713. The van der Waals surface area contributed by atoms with Gasteiger partial charge < -0.3 is 4.74 Å². The maximum atomic E-state index is 12.1. The largest absolute Gasteiger partial charge is 0.497 e. The second-order valence-electron chi connectivity index (χ2n) is 4.59. The highest BCUT2D eigenvalue weighted by Gasteiger charge is 2.06. The van der Waals surface area contributed by atoms with E-state index in [-0.39, 0.29) is 5.91 Å². The summed E-state index contributed by atoms with van der Waals surface area (Å²) in [6.45, 7) is 1.99. The van der Waals surface area contributed by atoms with E-state index in [0.29, 0.717) is 12.0 Å². The lowest BCUT2D eigenvalue weighted by Gasteiger charge is -2.07. The fourth-order valence-electron chi connectivity index (χ4n) is 1.94. The fraction of sp³-hybridized carbons (Fsp3) is 0.176. The first-order valence-corrected chi connectivity index (χ1v) is 7.70. The smallest absolute Gasteiger partial charge is 0.271 e. The molecule has 5 heteroatoms. The van der Waals surface area contributed by atoms with E-state index >= 15 is 0 Å². The van der Waals surface area contributed by atoms with Gasteiger partial charge in [0.25, 0.3) is 5.91 Å². The Kier molecular flexibility index (Phi) is 5.72. The molecular formula is C17H17BrN2O2. The zero-order valence-electron chi connectivity index (χ0n) is 12.5. The maximum absolute atomic E-state index is 12.1. The molecule has 0 atom stereocenters. The standard InChI is InChI=1S/C17H17BrN2O2/c1-3-16(12-7-9-15(22-2)10-8-12)19-20-17(21)13-5-4-6-14(18)11-13/h4-11H,3H2,1-2H3,(H,20,21)/b19-16+. The van der Waals surface area contributed by atoms with Crippen molar-refractivity contribution in [3.05, 3.63) is 64.1 Å². The minimum Gasteiger partial charge on any atom is -0.497 e. The summed E-state index contributed by atoms with van der Waals surface area (Å²) in [5.41, 5.74) is 4.93. The van der Waals surface area contributed by atoms with Crippen LogP contribution in [0.2, 0.25) is 0 Å². The van der Waals surface area contributed by atoms with E-state index < -0.39 is 0 Å². The first-order valence-electron chi connectivity index (χ1n) is 6.91. The maximum Gasteiger partial charge on any atom is 0.271 e. The molecule has 114 valence electrons. The van der Waals surface area contributed by atoms with Crippen molar-refractivity contribution in [3.8, 4) is 5.75 Å². The van der Waals surface area contributed by atoms with Gasteiger partial charge in [0, 0.05) is 10.0 Å². The van der Waals surface area contributed by atoms with Crippen molar-refractivity contribution in [1.82, 2.24) is 5.43 Å². The normalized spacial score (nSPS) is 11.1. The molecule has 0 saturated heterocycles. The van der Waals surface area contributed by atoms with Gasteiger partial charge in [0.2, 0.25) is 0 Å². The first kappa shape index (κ1) is 16.2. The summed E-state index contributed by atoms with van der Waals surface area (Å²) in [5.74, 6) is 0.554. The number of methoxy groups -OCH3 is 1. The highest BCUT2D eigenvalue weighted by molar-refractivity contribution is 9.10. The van der Waals surface area contributed by atoms with Crippen molar-refractivity contribution >= 4 is 27.5 Å². The monoisotopic (exact) mass is 360 g/mol. The number of nitrogens with one attached hydrogen (secondary N) is 1. The minimum atomic E-state index is -0.235. The van der Waals surface area contributed by atoms with Crippen LogP contribution in [0, 0.1) is 0 Å². The van der Waals surface area contributed by atoms with E-state index in [4.69, 9.17) is 4.74 Å². The number of hydrazone groups is 1. The Hall–Kier alpha value is -2.14. The molecule has 0 aliphatic carbocycles. The lowest BCUT2D eigenvalue weighted by molar-refractivity contribution is 0.0954. The van der Waals surface area contributed by atoms with Gasteiger partial charge in [-0.15, -0.1) is 0 Å². The fourth-order valence-corrected chi connectivity index (χ4v) is 2.34. The number of hydrogen-bond acceptors (Lipinski definition) is 3. The van der Waals surface area contributed by atoms with Crippen molar-refractivity contribution in [2.24, 2.45) is 5.10 Å². The average molecular weight is 361 g/mol. The van der Waals surface area contributed by atoms with Crippen LogP contribution in [0.5, 0.6) is 5.75 Å². The summed E-state index contributed by atoms with van der Waals surface area (Å²) < 4.78 is 5.99. The molecule has 0 aromatic heterocycles. The van der Waals surface area contributed by atoms with E-state index in [1.807, 2.05) is 43.3 Å². The van der Waals surface area contributed by atoms with Crippen molar-refractivity contribution in [2.45, 2.75) is 13.3 Å². The predicted octanol–water partition coefficient (Wildman–Crippen LogP) is 4.00. The van der Waals surface area contributed by atoms with E-state index in [9.17, 15) is 4.79 Å². The highest BCUT2D eigenvalue weighted by Crippen LogP contribution is 2.14. The van der Waals surface area contributed by atoms with Crippen molar-refractivity contribution in [2.75, 3.05) is 7.11 Å². The number of carbonyl (C=O) groups is 1. The van der Waals surface area contributed by atoms with Gasteiger partial charge in [-0.3, -0.25) is 4.79 Å². The number of benzene rings is 2. The third-order valence-corrected chi connectivity index (χ3v) is 3.63. The van der Waals surface area contributed by atoms with Crippen molar-refractivity contribution in [3.63, 3.8) is 0 Å². The third-order valence-electron chi connectivity index (χ3n) is 3.14. The van der Waals surface area contributed by atoms with Gasteiger partial charge in [0.05, 0.1) is 12.8 Å². The van der Waals surface area contributed by atoms with Crippen LogP contribution < -0.4 is 10.2 Å². The molecule has 0 bridgehead atoms. The Morgan fingerprint density at radius 3 is 2.50 bits per heavy atom. The number of ether oxygens (including phenoxy) is 1. The van der Waals surface area contributed by atoms with Crippen LogP contribution in [0.1, 0.15) is 29.3 Å². The molecule has 0 aliphatic rings. The highest BCUT2D eigenvalue weighted by atomic mass is 79.9. The van der Waals surface area contributed by atoms with Crippen LogP contribution >= 0.6 is 15.9 Å². The SMILES string of the molecule is CC/C(=N\NC(=O)c1cccc(Br)c1)c1ccc(OC)cc1. The predicted molar refractivity (Wildman–Crippen MR) is 91.4 cm³/mol. The van der Waals surface area contributed by atoms with E-state index in [0.717, 1.165) is 21.5 Å². The molecule has 0 fully saturated rings. The topological polar surface area (TPSA) is 50.7 Å². The molecule has 1 amide bonds. The molecule has 4 nitrogen and oxygen atoms in total. The first-order chi connectivity index (χ1) is 10.6. The van der Waals surface area contributed by atoms with Crippen LogP contribution in [0.4, 0.5) is 0 Å². The van der Waals surface area contributed by atoms with Gasteiger partial charge in [-0.1, -0.05) is 28.9 Å². The van der Waals surface area contributed by atoms with Gasteiger partial charge >= 0.3 is 0 Å². The molecule has 22 heavy (non-hydrogen) atoms. The lowest BCUT2D eigenvalue weighted by atomic mass is 10.1. The van der Waals surface area contributed by atoms with Crippen LogP contribution in [-0.4, -0.2) is 18.7 Å². The third kappa shape index (κ3) is 4.18. The quantitative estimate of drug-likeness (QED) is 0.646. The van der Waals surface area contributed by atoms with E-state index in [1.165, 1.54) is 0 Å². The number of rotatable bonds is 5. The Bertz CT molecular complexity index is 681. The van der Waals surface area contributed by atoms with Crippen molar-refractivity contribution in [1.29, 1.82) is 0 Å². The zero-order valence-corrected chi connectivity index (χ0v) is 14.1. The van der Waals surface area contributed by atoms with Crippen LogP contribution in [0.25, 0.3) is 0 Å². The molecule has 0 aliphatic heterocycles. The summed E-state index contributed by atoms with van der Waals surface area (Å²) in [5, 5.41) is 4.23. The molecule has 0 spiro atoms. The van der Waals surface area contributed by atoms with Gasteiger partial charge in [0.15, 0.2) is 0 Å². The Morgan fingerprint density at radius 2 is 1.91 bits per heavy atom. The van der Waals surface area contributed by atoms with Gasteiger partial charge in [-0.25, -0.2) is 5.43 Å². The average Bonchev–Trinajstić information content (AvgIpc) is 2.55.